The number of hydrogen-bond acceptors (Lipinski definition) is 4. The molecule has 1 amide bonds. The van der Waals surface area contributed by atoms with Gasteiger partial charge >= 0.3 is 0 Å². The minimum atomic E-state index is -0.546. The van der Waals surface area contributed by atoms with Crippen LogP contribution in [0.1, 0.15) is 18.1 Å². The Morgan fingerprint density at radius 1 is 1.09 bits per heavy atom. The third-order valence-corrected chi connectivity index (χ3v) is 6.10. The zero-order valence-electron chi connectivity index (χ0n) is 17.9. The summed E-state index contributed by atoms with van der Waals surface area (Å²) in [5.74, 6) is 0.473. The van der Waals surface area contributed by atoms with Gasteiger partial charge < -0.3 is 14.8 Å². The van der Waals surface area contributed by atoms with Gasteiger partial charge in [0.05, 0.1) is 10.2 Å². The van der Waals surface area contributed by atoms with E-state index in [9.17, 15) is 10.1 Å². The molecule has 0 aliphatic heterocycles. The van der Waals surface area contributed by atoms with Gasteiger partial charge in [-0.15, -0.1) is 0 Å². The first-order valence-electron chi connectivity index (χ1n) is 10.0. The SMILES string of the molecule is CCOc1cc(/C=C(/C#N)C(=O)Nc2cccc(Cl)c2)cc(I)c1OCc1ccc(Cl)cc1Cl. The van der Waals surface area contributed by atoms with Crippen molar-refractivity contribution in [3.05, 3.63) is 89.9 Å². The largest absolute Gasteiger partial charge is 0.490 e. The molecule has 0 aromatic heterocycles. The van der Waals surface area contributed by atoms with Crippen molar-refractivity contribution in [3.8, 4) is 17.6 Å². The van der Waals surface area contributed by atoms with E-state index < -0.39 is 5.91 Å². The standard InChI is InChI=1S/C25H18Cl3IN2O3/c1-2-33-23-10-15(8-17(13-30)25(32)31-20-5-3-4-18(26)11-20)9-22(29)24(23)34-14-16-6-7-19(27)12-21(16)28/h3-12H,2,14H2,1H3,(H,31,32)/b17-8-. The van der Waals surface area contributed by atoms with Gasteiger partial charge in [0.25, 0.3) is 5.91 Å². The predicted molar refractivity (Wildman–Crippen MR) is 145 cm³/mol. The van der Waals surface area contributed by atoms with Gasteiger partial charge in [-0.3, -0.25) is 4.79 Å². The Hall–Kier alpha value is -2.44. The third-order valence-electron chi connectivity index (χ3n) is 4.48. The average molecular weight is 628 g/mol. The molecule has 0 unspecified atom stereocenters. The molecule has 0 spiro atoms. The van der Waals surface area contributed by atoms with Gasteiger partial charge in [-0.05, 0) is 83.6 Å². The molecule has 34 heavy (non-hydrogen) atoms. The number of benzene rings is 3. The summed E-state index contributed by atoms with van der Waals surface area (Å²) < 4.78 is 12.5. The molecule has 0 bridgehead atoms. The number of amides is 1. The highest BCUT2D eigenvalue weighted by molar-refractivity contribution is 14.1. The fourth-order valence-corrected chi connectivity index (χ4v) is 4.38. The molecule has 0 aliphatic carbocycles. The highest BCUT2D eigenvalue weighted by Crippen LogP contribution is 2.36. The lowest BCUT2D eigenvalue weighted by atomic mass is 10.1. The zero-order chi connectivity index (χ0) is 24.7. The predicted octanol–water partition coefficient (Wildman–Crippen LogP) is 7.77. The van der Waals surface area contributed by atoms with Crippen LogP contribution in [0.15, 0.2) is 60.2 Å². The zero-order valence-corrected chi connectivity index (χ0v) is 22.3. The fourth-order valence-electron chi connectivity index (χ4n) is 2.94. The van der Waals surface area contributed by atoms with E-state index in [1.165, 1.54) is 6.08 Å². The molecule has 0 saturated heterocycles. The van der Waals surface area contributed by atoms with Crippen molar-refractivity contribution in [2.45, 2.75) is 13.5 Å². The summed E-state index contributed by atoms with van der Waals surface area (Å²) in [5, 5.41) is 13.8. The maximum Gasteiger partial charge on any atom is 0.266 e. The Morgan fingerprint density at radius 2 is 1.85 bits per heavy atom. The Morgan fingerprint density at radius 3 is 2.53 bits per heavy atom. The number of nitrogens with zero attached hydrogens (tertiary/aromatic N) is 1. The van der Waals surface area contributed by atoms with Crippen molar-refractivity contribution >= 4 is 75.1 Å². The monoisotopic (exact) mass is 626 g/mol. The number of hydrogen-bond donors (Lipinski definition) is 1. The van der Waals surface area contributed by atoms with E-state index in [-0.39, 0.29) is 12.2 Å². The van der Waals surface area contributed by atoms with E-state index in [4.69, 9.17) is 44.3 Å². The molecule has 0 atom stereocenters. The lowest BCUT2D eigenvalue weighted by Gasteiger charge is -2.15. The molecule has 0 saturated carbocycles. The number of carbonyl (C=O) groups is 1. The minimum absolute atomic E-state index is 0.0696. The third kappa shape index (κ3) is 7.03. The molecule has 0 heterocycles. The van der Waals surface area contributed by atoms with Crippen LogP contribution in [0.4, 0.5) is 5.69 Å². The summed E-state index contributed by atoms with van der Waals surface area (Å²) in [4.78, 5) is 12.6. The minimum Gasteiger partial charge on any atom is -0.490 e. The maximum atomic E-state index is 12.6. The van der Waals surface area contributed by atoms with E-state index in [1.807, 2.05) is 13.0 Å². The van der Waals surface area contributed by atoms with E-state index >= 15 is 0 Å². The van der Waals surface area contributed by atoms with Crippen molar-refractivity contribution < 1.29 is 14.3 Å². The fraction of sp³-hybridized carbons (Fsp3) is 0.120. The van der Waals surface area contributed by atoms with Gasteiger partial charge in [-0.25, -0.2) is 0 Å². The number of rotatable bonds is 8. The van der Waals surface area contributed by atoms with E-state index in [0.717, 1.165) is 9.13 Å². The number of nitriles is 1. The molecule has 5 nitrogen and oxygen atoms in total. The number of ether oxygens (including phenoxy) is 2. The van der Waals surface area contributed by atoms with Crippen LogP contribution in [-0.2, 0) is 11.4 Å². The summed E-state index contributed by atoms with van der Waals surface area (Å²) in [6, 6.07) is 17.3. The van der Waals surface area contributed by atoms with Crippen LogP contribution in [0, 0.1) is 14.9 Å². The Labute approximate surface area is 226 Å². The summed E-state index contributed by atoms with van der Waals surface area (Å²) in [7, 11) is 0. The number of nitrogens with one attached hydrogen (secondary N) is 1. The Bertz CT molecular complexity index is 1290. The Kier molecular flexibility index (Phi) is 9.48. The van der Waals surface area contributed by atoms with E-state index in [0.29, 0.717) is 44.4 Å². The number of halogens is 4. The van der Waals surface area contributed by atoms with Gasteiger partial charge in [0, 0.05) is 26.3 Å². The molecule has 3 rings (SSSR count). The van der Waals surface area contributed by atoms with Crippen LogP contribution >= 0.6 is 57.4 Å². The highest BCUT2D eigenvalue weighted by Gasteiger charge is 2.15. The second kappa shape index (κ2) is 12.3. The van der Waals surface area contributed by atoms with Crippen molar-refractivity contribution in [2.24, 2.45) is 0 Å². The lowest BCUT2D eigenvalue weighted by Crippen LogP contribution is -2.13. The van der Waals surface area contributed by atoms with E-state index in [2.05, 4.69) is 27.9 Å². The first-order valence-corrected chi connectivity index (χ1v) is 12.2. The molecule has 1 N–H and O–H groups in total. The lowest BCUT2D eigenvalue weighted by molar-refractivity contribution is -0.112. The van der Waals surface area contributed by atoms with Crippen LogP contribution in [-0.4, -0.2) is 12.5 Å². The van der Waals surface area contributed by atoms with Gasteiger partial charge in [0.1, 0.15) is 18.2 Å². The van der Waals surface area contributed by atoms with Crippen LogP contribution in [0.5, 0.6) is 11.5 Å². The van der Waals surface area contributed by atoms with Crippen LogP contribution < -0.4 is 14.8 Å². The molecule has 174 valence electrons. The Balaban J connectivity index is 1.86. The number of anilines is 1. The van der Waals surface area contributed by atoms with Gasteiger partial charge in [0.15, 0.2) is 11.5 Å². The van der Waals surface area contributed by atoms with Gasteiger partial charge in [0.2, 0.25) is 0 Å². The molecule has 0 radical (unpaired) electrons. The molecule has 9 heteroatoms. The molecule has 3 aromatic rings. The summed E-state index contributed by atoms with van der Waals surface area (Å²) in [6.45, 7) is 2.47. The van der Waals surface area contributed by atoms with Crippen LogP contribution in [0.2, 0.25) is 15.1 Å². The van der Waals surface area contributed by atoms with Crippen LogP contribution in [0.25, 0.3) is 6.08 Å². The van der Waals surface area contributed by atoms with Crippen molar-refractivity contribution in [1.29, 1.82) is 5.26 Å². The number of carbonyl (C=O) groups excluding carboxylic acids is 1. The van der Waals surface area contributed by atoms with Crippen LogP contribution in [0.3, 0.4) is 0 Å². The molecular weight excluding hydrogens is 610 g/mol. The highest BCUT2D eigenvalue weighted by atomic mass is 127. The quantitative estimate of drug-likeness (QED) is 0.157. The molecular formula is C25H18Cl3IN2O3. The maximum absolute atomic E-state index is 12.6. The normalized spacial score (nSPS) is 11.0. The van der Waals surface area contributed by atoms with Gasteiger partial charge in [-0.1, -0.05) is 46.9 Å². The first-order chi connectivity index (χ1) is 16.3. The molecule has 3 aromatic carbocycles. The second-order valence-electron chi connectivity index (χ2n) is 6.92. The van der Waals surface area contributed by atoms with Crippen molar-refractivity contribution in [2.75, 3.05) is 11.9 Å². The topological polar surface area (TPSA) is 71.3 Å². The second-order valence-corrected chi connectivity index (χ2v) is 9.36. The van der Waals surface area contributed by atoms with Crippen molar-refractivity contribution in [3.63, 3.8) is 0 Å². The summed E-state index contributed by atoms with van der Waals surface area (Å²) in [5.41, 5.74) is 1.81. The molecule has 0 aliphatic rings. The van der Waals surface area contributed by atoms with Gasteiger partial charge in [-0.2, -0.15) is 5.26 Å². The first kappa shape index (κ1) is 26.2. The summed E-state index contributed by atoms with van der Waals surface area (Å²) in [6.07, 6.45) is 1.49. The average Bonchev–Trinajstić information content (AvgIpc) is 2.78. The van der Waals surface area contributed by atoms with Crippen molar-refractivity contribution in [1.82, 2.24) is 0 Å². The molecule has 0 fully saturated rings. The van der Waals surface area contributed by atoms with E-state index in [1.54, 1.807) is 54.6 Å². The smallest absolute Gasteiger partial charge is 0.266 e. The summed E-state index contributed by atoms with van der Waals surface area (Å²) >= 11 is 20.3.